The lowest BCUT2D eigenvalue weighted by Crippen LogP contribution is -2.60. The molecule has 0 N–H and O–H groups in total. The molecule has 0 aromatic carbocycles. The summed E-state index contributed by atoms with van der Waals surface area (Å²) in [5.74, 6) is -0.364. The summed E-state index contributed by atoms with van der Waals surface area (Å²) < 4.78 is 29.6. The maximum atomic E-state index is 12.7. The number of hydrogen-bond donors (Lipinski definition) is 0. The lowest BCUT2D eigenvalue weighted by molar-refractivity contribution is -0.233. The van der Waals surface area contributed by atoms with Crippen LogP contribution in [0.4, 0.5) is 0 Å². The molecule has 0 aromatic heterocycles. The molecule has 166 valence electrons. The predicted octanol–water partition coefficient (Wildman–Crippen LogP) is 4.28. The number of cyclic esters (lactones) is 1. The molecule has 1 aliphatic rings. The molecule has 0 aromatic rings. The highest BCUT2D eigenvalue weighted by atomic mass is 16.6. The zero-order chi connectivity index (χ0) is 20.6. The summed E-state index contributed by atoms with van der Waals surface area (Å²) in [7, 11) is 0. The number of carbonyl (C=O) groups excluding carboxylic acids is 1. The van der Waals surface area contributed by atoms with E-state index in [4.69, 9.17) is 23.7 Å². The van der Waals surface area contributed by atoms with E-state index in [9.17, 15) is 4.79 Å². The fourth-order valence-electron chi connectivity index (χ4n) is 3.01. The second kappa shape index (κ2) is 16.1. The van der Waals surface area contributed by atoms with Crippen LogP contribution in [0.3, 0.4) is 0 Å². The third-order valence-corrected chi connectivity index (χ3v) is 4.82. The van der Waals surface area contributed by atoms with Crippen LogP contribution in [0.25, 0.3) is 0 Å². The minimum Gasteiger partial charge on any atom is -0.455 e. The van der Waals surface area contributed by atoms with Gasteiger partial charge in [-0.25, -0.2) is 4.79 Å². The van der Waals surface area contributed by atoms with Crippen molar-refractivity contribution in [2.75, 3.05) is 33.0 Å². The highest BCUT2D eigenvalue weighted by Crippen LogP contribution is 2.26. The first kappa shape index (κ1) is 25.3. The van der Waals surface area contributed by atoms with Crippen LogP contribution in [-0.4, -0.2) is 63.4 Å². The Morgan fingerprint density at radius 1 is 0.714 bits per heavy atom. The van der Waals surface area contributed by atoms with E-state index < -0.39 is 18.3 Å². The maximum Gasteiger partial charge on any atom is 0.338 e. The molecule has 0 aliphatic carbocycles. The summed E-state index contributed by atoms with van der Waals surface area (Å²) in [4.78, 5) is 12.7. The molecule has 0 amide bonds. The number of carbonyl (C=O) groups is 1. The van der Waals surface area contributed by atoms with E-state index in [1.807, 2.05) is 0 Å². The lowest BCUT2D eigenvalue weighted by atomic mass is 9.98. The monoisotopic (exact) mass is 402 g/mol. The van der Waals surface area contributed by atoms with Crippen molar-refractivity contribution in [1.29, 1.82) is 0 Å². The van der Waals surface area contributed by atoms with Crippen molar-refractivity contribution in [2.24, 2.45) is 0 Å². The zero-order valence-electron chi connectivity index (χ0n) is 18.5. The molecule has 6 heteroatoms. The van der Waals surface area contributed by atoms with Crippen LogP contribution in [0.1, 0.15) is 79.1 Å². The Labute approximate surface area is 171 Å². The average Bonchev–Trinajstić information content (AvgIpc) is 2.69. The van der Waals surface area contributed by atoms with E-state index in [1.54, 1.807) is 0 Å². The molecule has 1 aliphatic heterocycles. The van der Waals surface area contributed by atoms with Crippen molar-refractivity contribution in [3.8, 4) is 0 Å². The van der Waals surface area contributed by atoms with Gasteiger partial charge in [-0.1, -0.05) is 53.4 Å². The fraction of sp³-hybridized carbons (Fsp3) is 0.955. The number of hydrogen-bond acceptors (Lipinski definition) is 6. The first-order valence-corrected chi connectivity index (χ1v) is 11.3. The Morgan fingerprint density at radius 2 is 1.21 bits per heavy atom. The molecule has 0 bridgehead atoms. The standard InChI is InChI=1S/C22H42O6/c1-5-9-13-24-17-18-19(25-14-10-6-2)20(26-15-11-7-3)21(22(23)28-18)27-16-12-8-4/h18-21H,5-17H2,1-4H3/t18-,19?,20+,21-/m1/s1. The Kier molecular flexibility index (Phi) is 14.6. The van der Waals surface area contributed by atoms with Crippen molar-refractivity contribution >= 4 is 5.97 Å². The van der Waals surface area contributed by atoms with E-state index in [2.05, 4.69) is 27.7 Å². The third-order valence-electron chi connectivity index (χ3n) is 4.82. The molecular weight excluding hydrogens is 360 g/mol. The van der Waals surface area contributed by atoms with Gasteiger partial charge >= 0.3 is 5.97 Å². The van der Waals surface area contributed by atoms with Gasteiger partial charge in [0, 0.05) is 26.4 Å². The predicted molar refractivity (Wildman–Crippen MR) is 110 cm³/mol. The van der Waals surface area contributed by atoms with Crippen LogP contribution in [-0.2, 0) is 28.5 Å². The Morgan fingerprint density at radius 3 is 1.79 bits per heavy atom. The molecule has 1 heterocycles. The van der Waals surface area contributed by atoms with Gasteiger partial charge in [-0.3, -0.25) is 0 Å². The van der Waals surface area contributed by atoms with E-state index in [0.29, 0.717) is 33.0 Å². The topological polar surface area (TPSA) is 63.2 Å². The average molecular weight is 403 g/mol. The summed E-state index contributed by atoms with van der Waals surface area (Å²) in [5.41, 5.74) is 0. The minimum absolute atomic E-state index is 0.331. The molecule has 0 spiro atoms. The summed E-state index contributed by atoms with van der Waals surface area (Å²) in [5, 5.41) is 0. The van der Waals surface area contributed by atoms with Crippen molar-refractivity contribution in [1.82, 2.24) is 0 Å². The largest absolute Gasteiger partial charge is 0.455 e. The van der Waals surface area contributed by atoms with Crippen molar-refractivity contribution in [3.05, 3.63) is 0 Å². The number of ether oxygens (including phenoxy) is 5. The number of unbranched alkanes of at least 4 members (excludes halogenated alkanes) is 4. The molecule has 0 saturated carbocycles. The summed E-state index contributed by atoms with van der Waals surface area (Å²) in [6, 6.07) is 0. The molecule has 1 rings (SSSR count). The van der Waals surface area contributed by atoms with Crippen molar-refractivity contribution < 1.29 is 28.5 Å². The van der Waals surface area contributed by atoms with Crippen molar-refractivity contribution in [2.45, 2.75) is 103 Å². The molecule has 1 unspecified atom stereocenters. The summed E-state index contributed by atoms with van der Waals surface area (Å²) >= 11 is 0. The van der Waals surface area contributed by atoms with Gasteiger partial charge in [-0.15, -0.1) is 0 Å². The van der Waals surface area contributed by atoms with E-state index >= 15 is 0 Å². The first-order chi connectivity index (χ1) is 13.7. The molecule has 4 atom stereocenters. The quantitative estimate of drug-likeness (QED) is 0.267. The SMILES string of the molecule is CCCCOC[C@H]1OC(=O)[C@H](OCCCC)[C@@H](OCCCC)C1OCCCC. The Balaban J connectivity index is 2.86. The Hall–Kier alpha value is -0.690. The van der Waals surface area contributed by atoms with Crippen molar-refractivity contribution in [3.63, 3.8) is 0 Å². The number of rotatable bonds is 17. The van der Waals surface area contributed by atoms with Crippen LogP contribution >= 0.6 is 0 Å². The highest BCUT2D eigenvalue weighted by molar-refractivity contribution is 5.77. The molecule has 6 nitrogen and oxygen atoms in total. The van der Waals surface area contributed by atoms with Gasteiger partial charge in [-0.05, 0) is 25.7 Å². The normalized spacial score (nSPS) is 25.1. The lowest BCUT2D eigenvalue weighted by Gasteiger charge is -2.41. The smallest absolute Gasteiger partial charge is 0.338 e. The van der Waals surface area contributed by atoms with Gasteiger partial charge in [0.05, 0.1) is 6.61 Å². The van der Waals surface area contributed by atoms with Gasteiger partial charge in [-0.2, -0.15) is 0 Å². The van der Waals surface area contributed by atoms with E-state index in [-0.39, 0.29) is 12.1 Å². The summed E-state index contributed by atoms with van der Waals surface area (Å²) in [6.45, 7) is 11.2. The van der Waals surface area contributed by atoms with E-state index in [1.165, 1.54) is 0 Å². The van der Waals surface area contributed by atoms with Crippen LogP contribution in [0.2, 0.25) is 0 Å². The zero-order valence-corrected chi connectivity index (χ0v) is 18.5. The van der Waals surface area contributed by atoms with Gasteiger partial charge in [0.25, 0.3) is 0 Å². The second-order valence-corrected chi connectivity index (χ2v) is 7.43. The highest BCUT2D eigenvalue weighted by Gasteiger charge is 2.48. The Bertz CT molecular complexity index is 389. The van der Waals surface area contributed by atoms with Gasteiger partial charge < -0.3 is 23.7 Å². The van der Waals surface area contributed by atoms with Crippen LogP contribution in [0.15, 0.2) is 0 Å². The molecular formula is C22H42O6. The third kappa shape index (κ3) is 9.21. The minimum atomic E-state index is -0.734. The first-order valence-electron chi connectivity index (χ1n) is 11.3. The fourth-order valence-corrected chi connectivity index (χ4v) is 3.01. The molecule has 1 fully saturated rings. The number of esters is 1. The van der Waals surface area contributed by atoms with Gasteiger partial charge in [0.15, 0.2) is 12.2 Å². The van der Waals surface area contributed by atoms with Crippen LogP contribution in [0.5, 0.6) is 0 Å². The molecule has 1 saturated heterocycles. The summed E-state index contributed by atoms with van der Waals surface area (Å²) in [6.07, 6.45) is 5.91. The maximum absolute atomic E-state index is 12.7. The van der Waals surface area contributed by atoms with Gasteiger partial charge in [0.1, 0.15) is 12.2 Å². The van der Waals surface area contributed by atoms with Crippen LogP contribution < -0.4 is 0 Å². The van der Waals surface area contributed by atoms with Gasteiger partial charge in [0.2, 0.25) is 0 Å². The van der Waals surface area contributed by atoms with Crippen LogP contribution in [0, 0.1) is 0 Å². The van der Waals surface area contributed by atoms with E-state index in [0.717, 1.165) is 51.4 Å². The second-order valence-electron chi connectivity index (χ2n) is 7.43. The molecule has 0 radical (unpaired) electrons. The molecule has 28 heavy (non-hydrogen) atoms.